The van der Waals surface area contributed by atoms with Crippen molar-refractivity contribution in [2.24, 2.45) is 0 Å². The molecule has 1 rings (SSSR count). The summed E-state index contributed by atoms with van der Waals surface area (Å²) in [6, 6.07) is 1.93. The summed E-state index contributed by atoms with van der Waals surface area (Å²) in [5, 5.41) is 0. The molecule has 3 heteroatoms. The Morgan fingerprint density at radius 1 is 1.36 bits per heavy atom. The van der Waals surface area contributed by atoms with Gasteiger partial charge >= 0.3 is 0 Å². The van der Waals surface area contributed by atoms with Crippen LogP contribution in [-0.2, 0) is 0 Å². The molecule has 0 N–H and O–H groups in total. The molecule has 0 aliphatic rings. The smallest absolute Gasteiger partial charge is 0.141 e. The van der Waals surface area contributed by atoms with E-state index < -0.39 is 0 Å². The third-order valence-corrected chi connectivity index (χ3v) is 2.32. The van der Waals surface area contributed by atoms with Gasteiger partial charge in [-0.05, 0) is 35.8 Å². The van der Waals surface area contributed by atoms with Crippen LogP contribution in [0.4, 0.5) is 0 Å². The van der Waals surface area contributed by atoms with Gasteiger partial charge in [0.2, 0.25) is 0 Å². The second-order valence-electron chi connectivity index (χ2n) is 2.34. The highest BCUT2D eigenvalue weighted by Crippen LogP contribution is 2.23. The van der Waals surface area contributed by atoms with Gasteiger partial charge in [-0.15, -0.1) is 0 Å². The van der Waals surface area contributed by atoms with E-state index in [4.69, 9.17) is 4.74 Å². The van der Waals surface area contributed by atoms with Crippen molar-refractivity contribution in [1.29, 1.82) is 0 Å². The standard InChI is InChI=1S/C8H10BrNO/c1-5-7(9)4-8(11-3)6(2)10-5/h4H,1-3H3. The number of rotatable bonds is 1. The molecule has 0 fully saturated rings. The molecule has 11 heavy (non-hydrogen) atoms. The zero-order valence-electron chi connectivity index (χ0n) is 6.81. The van der Waals surface area contributed by atoms with E-state index in [1.807, 2.05) is 19.9 Å². The van der Waals surface area contributed by atoms with Gasteiger partial charge in [0.1, 0.15) is 5.75 Å². The Labute approximate surface area is 74.7 Å². The second kappa shape index (κ2) is 3.22. The van der Waals surface area contributed by atoms with Gasteiger partial charge in [0.05, 0.1) is 18.5 Å². The maximum absolute atomic E-state index is 5.09. The molecule has 0 aliphatic carbocycles. The van der Waals surface area contributed by atoms with E-state index in [0.717, 1.165) is 21.6 Å². The Hall–Kier alpha value is -0.570. The maximum atomic E-state index is 5.09. The van der Waals surface area contributed by atoms with E-state index in [-0.39, 0.29) is 0 Å². The summed E-state index contributed by atoms with van der Waals surface area (Å²) >= 11 is 3.38. The Kier molecular flexibility index (Phi) is 2.49. The van der Waals surface area contributed by atoms with Gasteiger partial charge < -0.3 is 4.74 Å². The van der Waals surface area contributed by atoms with Gasteiger partial charge in [-0.25, -0.2) is 0 Å². The molecule has 60 valence electrons. The fraction of sp³-hybridized carbons (Fsp3) is 0.375. The highest BCUT2D eigenvalue weighted by atomic mass is 79.9. The molecule has 0 aromatic carbocycles. The van der Waals surface area contributed by atoms with Crippen molar-refractivity contribution in [2.75, 3.05) is 7.11 Å². The van der Waals surface area contributed by atoms with Crippen LogP contribution < -0.4 is 4.74 Å². The van der Waals surface area contributed by atoms with Crippen LogP contribution in [0.5, 0.6) is 5.75 Å². The first kappa shape index (κ1) is 8.53. The summed E-state index contributed by atoms with van der Waals surface area (Å²) in [4.78, 5) is 4.27. The van der Waals surface area contributed by atoms with E-state index in [1.165, 1.54) is 0 Å². The fourth-order valence-electron chi connectivity index (χ4n) is 0.891. The van der Waals surface area contributed by atoms with Crippen molar-refractivity contribution in [2.45, 2.75) is 13.8 Å². The molecule has 0 saturated carbocycles. The number of halogens is 1. The largest absolute Gasteiger partial charge is 0.495 e. The quantitative estimate of drug-likeness (QED) is 0.719. The zero-order chi connectivity index (χ0) is 8.43. The van der Waals surface area contributed by atoms with Gasteiger partial charge in [-0.3, -0.25) is 4.98 Å². The zero-order valence-corrected chi connectivity index (χ0v) is 8.40. The van der Waals surface area contributed by atoms with E-state index in [1.54, 1.807) is 7.11 Å². The number of nitrogens with zero attached hydrogens (tertiary/aromatic N) is 1. The Morgan fingerprint density at radius 2 is 2.00 bits per heavy atom. The first-order valence-electron chi connectivity index (χ1n) is 3.33. The molecule has 0 atom stereocenters. The van der Waals surface area contributed by atoms with Gasteiger partial charge in [-0.2, -0.15) is 0 Å². The minimum Gasteiger partial charge on any atom is -0.495 e. The van der Waals surface area contributed by atoms with Crippen LogP contribution in [0.3, 0.4) is 0 Å². The van der Waals surface area contributed by atoms with Crippen LogP contribution in [0, 0.1) is 13.8 Å². The monoisotopic (exact) mass is 215 g/mol. The Balaban J connectivity index is 3.21. The minimum atomic E-state index is 0.822. The third kappa shape index (κ3) is 1.71. The lowest BCUT2D eigenvalue weighted by molar-refractivity contribution is 0.408. The van der Waals surface area contributed by atoms with Crippen LogP contribution in [-0.4, -0.2) is 12.1 Å². The number of hydrogen-bond acceptors (Lipinski definition) is 2. The highest BCUT2D eigenvalue weighted by Gasteiger charge is 2.02. The number of aryl methyl sites for hydroxylation is 2. The number of methoxy groups -OCH3 is 1. The topological polar surface area (TPSA) is 22.1 Å². The van der Waals surface area contributed by atoms with Gasteiger partial charge in [-0.1, -0.05) is 0 Å². The maximum Gasteiger partial charge on any atom is 0.141 e. The highest BCUT2D eigenvalue weighted by molar-refractivity contribution is 9.10. The van der Waals surface area contributed by atoms with Crippen molar-refractivity contribution >= 4 is 15.9 Å². The van der Waals surface area contributed by atoms with Crippen LogP contribution in [0.25, 0.3) is 0 Å². The van der Waals surface area contributed by atoms with Crippen LogP contribution in [0.2, 0.25) is 0 Å². The van der Waals surface area contributed by atoms with Crippen LogP contribution in [0.15, 0.2) is 10.5 Å². The van der Waals surface area contributed by atoms with Crippen molar-refractivity contribution in [3.8, 4) is 5.75 Å². The second-order valence-corrected chi connectivity index (χ2v) is 3.20. The van der Waals surface area contributed by atoms with E-state index in [0.29, 0.717) is 0 Å². The molecule has 1 aromatic heterocycles. The molecule has 0 aliphatic heterocycles. The summed E-state index contributed by atoms with van der Waals surface area (Å²) in [5.41, 5.74) is 1.91. The van der Waals surface area contributed by atoms with E-state index in [9.17, 15) is 0 Å². The Morgan fingerprint density at radius 3 is 2.55 bits per heavy atom. The predicted octanol–water partition coefficient (Wildman–Crippen LogP) is 2.47. The summed E-state index contributed by atoms with van der Waals surface area (Å²) < 4.78 is 6.07. The lowest BCUT2D eigenvalue weighted by Crippen LogP contribution is -1.93. The molecule has 0 bridgehead atoms. The summed E-state index contributed by atoms with van der Waals surface area (Å²) in [6.07, 6.45) is 0. The number of aromatic nitrogens is 1. The normalized spacial score (nSPS) is 9.82. The third-order valence-electron chi connectivity index (χ3n) is 1.52. The number of hydrogen-bond donors (Lipinski definition) is 0. The van der Waals surface area contributed by atoms with Crippen molar-refractivity contribution in [3.05, 3.63) is 21.9 Å². The predicted molar refractivity (Wildman–Crippen MR) is 48.0 cm³/mol. The van der Waals surface area contributed by atoms with Crippen LogP contribution in [0.1, 0.15) is 11.4 Å². The van der Waals surface area contributed by atoms with Gasteiger partial charge in [0.25, 0.3) is 0 Å². The number of ether oxygens (including phenoxy) is 1. The summed E-state index contributed by atoms with van der Waals surface area (Å²) in [7, 11) is 1.64. The molecule has 0 saturated heterocycles. The minimum absolute atomic E-state index is 0.822. The SMILES string of the molecule is COc1cc(Br)c(C)nc1C. The molecular formula is C8H10BrNO. The number of pyridine rings is 1. The van der Waals surface area contributed by atoms with Crippen molar-refractivity contribution < 1.29 is 4.74 Å². The van der Waals surface area contributed by atoms with Crippen molar-refractivity contribution in [1.82, 2.24) is 4.98 Å². The summed E-state index contributed by atoms with van der Waals surface area (Å²) in [6.45, 7) is 3.88. The van der Waals surface area contributed by atoms with E-state index >= 15 is 0 Å². The lowest BCUT2D eigenvalue weighted by atomic mass is 10.3. The first-order valence-corrected chi connectivity index (χ1v) is 4.12. The van der Waals surface area contributed by atoms with Gasteiger partial charge in [0.15, 0.2) is 0 Å². The fourth-order valence-corrected chi connectivity index (χ4v) is 1.19. The molecule has 1 heterocycles. The first-order chi connectivity index (χ1) is 5.15. The molecule has 0 unspecified atom stereocenters. The average molecular weight is 216 g/mol. The molecule has 0 radical (unpaired) electrons. The lowest BCUT2D eigenvalue weighted by Gasteiger charge is -2.05. The molecule has 0 amide bonds. The summed E-state index contributed by atoms with van der Waals surface area (Å²) in [5.74, 6) is 0.822. The van der Waals surface area contributed by atoms with E-state index in [2.05, 4.69) is 20.9 Å². The van der Waals surface area contributed by atoms with Crippen molar-refractivity contribution in [3.63, 3.8) is 0 Å². The molecule has 1 aromatic rings. The molecular weight excluding hydrogens is 206 g/mol. The molecule has 2 nitrogen and oxygen atoms in total. The molecule has 0 spiro atoms. The van der Waals surface area contributed by atoms with Gasteiger partial charge in [0, 0.05) is 4.47 Å². The Bertz CT molecular complexity index is 273. The average Bonchev–Trinajstić information content (AvgIpc) is 1.97. The van der Waals surface area contributed by atoms with Crippen LogP contribution >= 0.6 is 15.9 Å².